The van der Waals surface area contributed by atoms with E-state index >= 15 is 0 Å². The Morgan fingerprint density at radius 2 is 0.545 bits per heavy atom. The smallest absolute Gasteiger partial charge is 0.550 e. The van der Waals surface area contributed by atoms with Crippen LogP contribution in [0.1, 0.15) is 77.0 Å². The van der Waals surface area contributed by atoms with E-state index in [1.54, 1.807) is 0 Å². The number of aliphatic carboxylic acids is 4. The summed E-state index contributed by atoms with van der Waals surface area (Å²) in [5.41, 5.74) is 0. The number of aliphatic hydroxyl groups is 4. The van der Waals surface area contributed by atoms with E-state index in [1.807, 2.05) is 0 Å². The third-order valence-corrected chi connectivity index (χ3v) is 3.16. The summed E-state index contributed by atoms with van der Waals surface area (Å²) in [6.45, 7) is 0.251. The van der Waals surface area contributed by atoms with Crippen molar-refractivity contribution in [3.63, 3.8) is 0 Å². The third-order valence-electron chi connectivity index (χ3n) is 3.16. The summed E-state index contributed by atoms with van der Waals surface area (Å²) in [7, 11) is 0. The molecule has 0 spiro atoms. The number of carbonyl (C=O) groups is 4. The van der Waals surface area contributed by atoms with Crippen molar-refractivity contribution in [2.24, 2.45) is 0 Å². The monoisotopic (exact) mass is 516 g/mol. The van der Waals surface area contributed by atoms with Crippen molar-refractivity contribution < 1.29 is 81.7 Å². The summed E-state index contributed by atoms with van der Waals surface area (Å²) < 4.78 is 0. The van der Waals surface area contributed by atoms with Gasteiger partial charge < -0.3 is 60.0 Å². The van der Waals surface area contributed by atoms with Crippen LogP contribution in [0, 0.1) is 0 Å². The number of rotatable bonds is 16. The molecule has 0 aliphatic carbocycles. The zero-order valence-corrected chi connectivity index (χ0v) is 20.4. The standard InChI is InChI=1S/4C5H10O3.Ti/c4*6-4-2-1-3-5(7)8;/h4*6H,1-4H2,(H,7,8);/q;;;;+4/p-4. The Morgan fingerprint density at radius 3 is 0.636 bits per heavy atom. The third kappa shape index (κ3) is 72.4. The van der Waals surface area contributed by atoms with Crippen LogP contribution < -0.4 is 20.4 Å². The second-order valence-electron chi connectivity index (χ2n) is 6.21. The van der Waals surface area contributed by atoms with Crippen molar-refractivity contribution in [2.45, 2.75) is 77.0 Å². The van der Waals surface area contributed by atoms with Crippen molar-refractivity contribution in [3.05, 3.63) is 0 Å². The van der Waals surface area contributed by atoms with Gasteiger partial charge in [-0.3, -0.25) is 0 Å². The quantitative estimate of drug-likeness (QED) is 0.112. The van der Waals surface area contributed by atoms with Crippen molar-refractivity contribution in [2.75, 3.05) is 26.4 Å². The Hall–Kier alpha value is -1.57. The van der Waals surface area contributed by atoms with Gasteiger partial charge in [-0.25, -0.2) is 0 Å². The first-order chi connectivity index (χ1) is 15.1. The summed E-state index contributed by atoms with van der Waals surface area (Å²) in [5.74, 6) is -4.17. The number of carbonyl (C=O) groups excluding carboxylic acids is 4. The van der Waals surface area contributed by atoms with E-state index in [0.29, 0.717) is 51.4 Å². The minimum atomic E-state index is -1.04. The molecule has 4 N–H and O–H groups in total. The maximum Gasteiger partial charge on any atom is 4.00 e. The first kappa shape index (κ1) is 41.7. The maximum absolute atomic E-state index is 9.68. The van der Waals surface area contributed by atoms with Crippen LogP contribution >= 0.6 is 0 Å². The summed E-state index contributed by atoms with van der Waals surface area (Å²) >= 11 is 0. The number of hydrogen-bond donors (Lipinski definition) is 4. The molecular weight excluding hydrogens is 480 g/mol. The van der Waals surface area contributed by atoms with Crippen LogP contribution in [0.4, 0.5) is 0 Å². The SMILES string of the molecule is O=C([O-])CCCCO.O=C([O-])CCCCO.O=C([O-])CCCCO.O=C([O-])CCCCO.[Ti+4]. The van der Waals surface area contributed by atoms with Crippen LogP contribution in [-0.4, -0.2) is 70.7 Å². The van der Waals surface area contributed by atoms with Gasteiger partial charge in [0.1, 0.15) is 0 Å². The molecule has 0 bridgehead atoms. The molecule has 0 atom stereocenters. The number of carboxylic acids is 4. The van der Waals surface area contributed by atoms with Gasteiger partial charge in [-0.2, -0.15) is 0 Å². The number of carboxylic acid groups (broad SMARTS) is 4. The molecule has 0 radical (unpaired) electrons. The first-order valence-corrected chi connectivity index (χ1v) is 10.3. The average Bonchev–Trinajstić information content (AvgIpc) is 2.69. The number of hydrogen-bond acceptors (Lipinski definition) is 12. The van der Waals surface area contributed by atoms with Crippen LogP contribution in [0.15, 0.2) is 0 Å². The van der Waals surface area contributed by atoms with Crippen molar-refractivity contribution in [1.82, 2.24) is 0 Å². The van der Waals surface area contributed by atoms with E-state index < -0.39 is 23.9 Å². The molecule has 0 unspecified atom stereocenters. The minimum absolute atomic E-state index is 0. The molecule has 0 aromatic rings. The van der Waals surface area contributed by atoms with E-state index in [9.17, 15) is 39.6 Å². The molecular formula is C20H36O12Ti. The molecule has 192 valence electrons. The fourth-order valence-electron chi connectivity index (χ4n) is 1.52. The molecule has 0 aliphatic rings. The molecule has 0 amide bonds. The Kier molecular flexibility index (Phi) is 47.6. The molecule has 12 nitrogen and oxygen atoms in total. The van der Waals surface area contributed by atoms with Crippen LogP contribution in [0.3, 0.4) is 0 Å². The van der Waals surface area contributed by atoms with Gasteiger partial charge in [-0.05, 0) is 77.0 Å². The fourth-order valence-corrected chi connectivity index (χ4v) is 1.52. The zero-order valence-electron chi connectivity index (χ0n) is 18.9. The van der Waals surface area contributed by atoms with Crippen molar-refractivity contribution in [3.8, 4) is 0 Å². The van der Waals surface area contributed by atoms with Crippen LogP contribution in [0.25, 0.3) is 0 Å². The summed E-state index contributed by atoms with van der Waals surface area (Å²) in [5, 5.41) is 71.4. The molecule has 33 heavy (non-hydrogen) atoms. The molecule has 0 rings (SSSR count). The van der Waals surface area contributed by atoms with Gasteiger partial charge in [0.15, 0.2) is 0 Å². The van der Waals surface area contributed by atoms with Gasteiger partial charge in [-0.15, -0.1) is 0 Å². The molecule has 0 fully saturated rings. The molecule has 0 aromatic carbocycles. The van der Waals surface area contributed by atoms with Gasteiger partial charge in [0, 0.05) is 50.3 Å². The molecule has 0 aliphatic heterocycles. The topological polar surface area (TPSA) is 241 Å². The van der Waals surface area contributed by atoms with E-state index in [4.69, 9.17) is 20.4 Å². The van der Waals surface area contributed by atoms with Gasteiger partial charge >= 0.3 is 21.7 Å². The minimum Gasteiger partial charge on any atom is -0.550 e. The Labute approximate surface area is 209 Å². The van der Waals surface area contributed by atoms with Gasteiger partial charge in [0.25, 0.3) is 0 Å². The Morgan fingerprint density at radius 1 is 0.394 bits per heavy atom. The Bertz CT molecular complexity index is 367. The van der Waals surface area contributed by atoms with Crippen LogP contribution in [-0.2, 0) is 40.9 Å². The number of unbranched alkanes of at least 4 members (excludes halogenated alkanes) is 4. The number of aliphatic hydroxyl groups excluding tert-OH is 4. The van der Waals surface area contributed by atoms with Crippen molar-refractivity contribution in [1.29, 1.82) is 0 Å². The first-order valence-electron chi connectivity index (χ1n) is 10.3. The van der Waals surface area contributed by atoms with Crippen LogP contribution in [0.5, 0.6) is 0 Å². The average molecular weight is 516 g/mol. The molecule has 0 aromatic heterocycles. The predicted octanol–water partition coefficient (Wildman–Crippen LogP) is -4.41. The summed E-state index contributed by atoms with van der Waals surface area (Å²) in [6.07, 6.45) is 4.47. The molecule has 0 saturated carbocycles. The van der Waals surface area contributed by atoms with Crippen LogP contribution in [0.2, 0.25) is 0 Å². The molecule has 13 heteroatoms. The van der Waals surface area contributed by atoms with Gasteiger partial charge in [0.2, 0.25) is 0 Å². The maximum atomic E-state index is 9.68. The van der Waals surface area contributed by atoms with E-state index in [-0.39, 0.29) is 73.8 Å². The van der Waals surface area contributed by atoms with Gasteiger partial charge in [-0.1, -0.05) is 0 Å². The van der Waals surface area contributed by atoms with Crippen molar-refractivity contribution >= 4 is 23.9 Å². The summed E-state index contributed by atoms with van der Waals surface area (Å²) in [4.78, 5) is 38.7. The second-order valence-corrected chi connectivity index (χ2v) is 6.21. The van der Waals surface area contributed by atoms with E-state index in [1.165, 1.54) is 0 Å². The molecule has 0 saturated heterocycles. The molecule has 0 heterocycles. The second kappa shape index (κ2) is 37.7. The normalized spacial score (nSPS) is 8.85. The predicted molar refractivity (Wildman–Crippen MR) is 104 cm³/mol. The van der Waals surface area contributed by atoms with Gasteiger partial charge in [0.05, 0.1) is 0 Å². The Balaban J connectivity index is -0.000000105. The zero-order chi connectivity index (χ0) is 25.6. The largest absolute Gasteiger partial charge is 4.00 e. The van der Waals surface area contributed by atoms with E-state index in [0.717, 1.165) is 0 Å². The van der Waals surface area contributed by atoms with E-state index in [2.05, 4.69) is 0 Å². The summed E-state index contributed by atoms with van der Waals surface area (Å²) in [6, 6.07) is 0. The fraction of sp³-hybridized carbons (Fsp3) is 0.800.